The minimum Gasteiger partial charge on any atom is -0.303 e. The van der Waals surface area contributed by atoms with Crippen molar-refractivity contribution in [3.63, 3.8) is 0 Å². The molecule has 5 nitrogen and oxygen atoms in total. The Morgan fingerprint density at radius 1 is 1.45 bits per heavy atom. The van der Waals surface area contributed by atoms with Crippen LogP contribution in [0, 0.1) is 6.92 Å². The summed E-state index contributed by atoms with van der Waals surface area (Å²) in [5.41, 5.74) is 2.54. The Balaban J connectivity index is 1.87. The zero-order valence-electron chi connectivity index (χ0n) is 11.7. The van der Waals surface area contributed by atoms with Gasteiger partial charge in [0.15, 0.2) is 0 Å². The van der Waals surface area contributed by atoms with E-state index >= 15 is 0 Å². The molecule has 2 aromatic rings. The van der Waals surface area contributed by atoms with E-state index in [2.05, 4.69) is 9.97 Å². The summed E-state index contributed by atoms with van der Waals surface area (Å²) in [6, 6.07) is 0. The Morgan fingerprint density at radius 3 is 2.86 bits per heavy atom. The van der Waals surface area contributed by atoms with Gasteiger partial charge in [-0.05, 0) is 13.3 Å². The second-order valence-electron chi connectivity index (χ2n) is 5.16. The Labute approximate surface area is 127 Å². The van der Waals surface area contributed by atoms with Crippen molar-refractivity contribution in [2.24, 2.45) is 0 Å². The number of halogens is 3. The van der Waals surface area contributed by atoms with Crippen LogP contribution >= 0.6 is 11.3 Å². The van der Waals surface area contributed by atoms with E-state index in [4.69, 9.17) is 0 Å². The Hall–Kier alpha value is -1.74. The van der Waals surface area contributed by atoms with Crippen LogP contribution in [0.4, 0.5) is 13.2 Å². The second-order valence-corrected chi connectivity index (χ2v) is 6.10. The van der Waals surface area contributed by atoms with Gasteiger partial charge in [-0.2, -0.15) is 13.2 Å². The van der Waals surface area contributed by atoms with Crippen LogP contribution < -0.4 is 5.56 Å². The number of aromatic nitrogens is 3. The molecule has 0 saturated heterocycles. The fourth-order valence-corrected chi connectivity index (χ4v) is 3.26. The number of thiazole rings is 1. The second kappa shape index (κ2) is 5.47. The lowest BCUT2D eigenvalue weighted by atomic mass is 10.1. The monoisotopic (exact) mass is 330 g/mol. The van der Waals surface area contributed by atoms with Crippen LogP contribution in [0.15, 0.2) is 10.3 Å². The van der Waals surface area contributed by atoms with Gasteiger partial charge in [-0.3, -0.25) is 9.69 Å². The van der Waals surface area contributed by atoms with E-state index in [0.717, 1.165) is 10.6 Å². The molecule has 0 aromatic carbocycles. The van der Waals surface area contributed by atoms with Crippen molar-refractivity contribution >= 4 is 11.3 Å². The highest BCUT2D eigenvalue weighted by molar-refractivity contribution is 7.09. The van der Waals surface area contributed by atoms with E-state index < -0.39 is 17.6 Å². The number of alkyl halides is 3. The maximum Gasteiger partial charge on any atom is 0.449 e. The predicted octanol–water partition coefficient (Wildman–Crippen LogP) is 2.11. The molecule has 118 valence electrons. The van der Waals surface area contributed by atoms with Crippen molar-refractivity contribution in [1.82, 2.24) is 19.9 Å². The van der Waals surface area contributed by atoms with Crippen molar-refractivity contribution < 1.29 is 13.2 Å². The van der Waals surface area contributed by atoms with E-state index in [9.17, 15) is 18.0 Å². The molecule has 0 radical (unpaired) electrons. The first kappa shape index (κ1) is 15.2. The lowest BCUT2D eigenvalue weighted by Gasteiger charge is -2.27. The van der Waals surface area contributed by atoms with E-state index in [0.29, 0.717) is 25.1 Å². The standard InChI is InChI=1S/C13H13F3N4OS/c1-7-10(22-6-17-7)5-20-3-2-8-9(4-20)18-12(13(14,15)16)19-11(8)21/h6H,2-5H2,1H3,(H,18,19,21). The van der Waals surface area contributed by atoms with Gasteiger partial charge in [0.25, 0.3) is 5.56 Å². The van der Waals surface area contributed by atoms with Gasteiger partial charge in [0, 0.05) is 30.1 Å². The lowest BCUT2D eigenvalue weighted by Crippen LogP contribution is -2.36. The first-order valence-electron chi connectivity index (χ1n) is 6.65. The Bertz CT molecular complexity index is 752. The summed E-state index contributed by atoms with van der Waals surface area (Å²) in [6.45, 7) is 3.35. The molecule has 0 spiro atoms. The summed E-state index contributed by atoms with van der Waals surface area (Å²) < 4.78 is 38.2. The molecule has 0 saturated carbocycles. The van der Waals surface area contributed by atoms with Crippen molar-refractivity contribution in [2.45, 2.75) is 32.6 Å². The number of rotatable bonds is 2. The third-order valence-corrected chi connectivity index (χ3v) is 4.55. The molecule has 0 fully saturated rings. The Morgan fingerprint density at radius 2 is 2.23 bits per heavy atom. The summed E-state index contributed by atoms with van der Waals surface area (Å²) in [6.07, 6.45) is -4.25. The molecule has 9 heteroatoms. The van der Waals surface area contributed by atoms with Gasteiger partial charge in [0.2, 0.25) is 5.82 Å². The summed E-state index contributed by atoms with van der Waals surface area (Å²) in [7, 11) is 0. The number of fused-ring (bicyclic) bond motifs is 1. The molecule has 0 unspecified atom stereocenters. The van der Waals surface area contributed by atoms with Crippen LogP contribution in [0.1, 0.15) is 27.7 Å². The molecule has 1 aliphatic rings. The molecule has 3 rings (SSSR count). The highest BCUT2D eigenvalue weighted by Gasteiger charge is 2.36. The fourth-order valence-electron chi connectivity index (χ4n) is 2.44. The van der Waals surface area contributed by atoms with Crippen molar-refractivity contribution in [2.75, 3.05) is 6.54 Å². The number of nitrogens with one attached hydrogen (secondary N) is 1. The number of nitrogens with zero attached hydrogens (tertiary/aromatic N) is 3. The van der Waals surface area contributed by atoms with Crippen LogP contribution in [0.25, 0.3) is 0 Å². The number of hydrogen-bond acceptors (Lipinski definition) is 5. The number of aryl methyl sites for hydroxylation is 1. The topological polar surface area (TPSA) is 61.9 Å². The minimum absolute atomic E-state index is 0.212. The maximum atomic E-state index is 12.7. The average Bonchev–Trinajstić information content (AvgIpc) is 2.83. The predicted molar refractivity (Wildman–Crippen MR) is 74.5 cm³/mol. The van der Waals surface area contributed by atoms with E-state index in [1.165, 1.54) is 11.3 Å². The molecule has 0 bridgehead atoms. The van der Waals surface area contributed by atoms with Gasteiger partial charge in [-0.25, -0.2) is 9.97 Å². The summed E-state index contributed by atoms with van der Waals surface area (Å²) in [5.74, 6) is -1.23. The number of hydrogen-bond donors (Lipinski definition) is 1. The van der Waals surface area contributed by atoms with Gasteiger partial charge < -0.3 is 4.98 Å². The summed E-state index contributed by atoms with van der Waals surface area (Å²) in [4.78, 5) is 24.4. The van der Waals surface area contributed by atoms with Crippen LogP contribution in [0.5, 0.6) is 0 Å². The maximum absolute atomic E-state index is 12.7. The van der Waals surface area contributed by atoms with Crippen LogP contribution in [-0.2, 0) is 25.7 Å². The molecule has 22 heavy (non-hydrogen) atoms. The SMILES string of the molecule is Cc1ncsc1CN1CCc2c(nc(C(F)(F)F)[nH]c2=O)C1. The van der Waals surface area contributed by atoms with E-state index in [-0.39, 0.29) is 12.2 Å². The highest BCUT2D eigenvalue weighted by atomic mass is 32.1. The van der Waals surface area contributed by atoms with Crippen LogP contribution in [-0.4, -0.2) is 26.4 Å². The highest BCUT2D eigenvalue weighted by Crippen LogP contribution is 2.27. The van der Waals surface area contributed by atoms with Gasteiger partial charge in [-0.15, -0.1) is 11.3 Å². The molecule has 0 aliphatic carbocycles. The van der Waals surface area contributed by atoms with Crippen molar-refractivity contribution in [1.29, 1.82) is 0 Å². The van der Waals surface area contributed by atoms with Crippen molar-refractivity contribution in [3.05, 3.63) is 43.5 Å². The van der Waals surface area contributed by atoms with E-state index in [1.807, 2.05) is 16.8 Å². The van der Waals surface area contributed by atoms with Crippen LogP contribution in [0.2, 0.25) is 0 Å². The largest absolute Gasteiger partial charge is 0.449 e. The fraction of sp³-hybridized carbons (Fsp3) is 0.462. The van der Waals surface area contributed by atoms with Crippen LogP contribution in [0.3, 0.4) is 0 Å². The smallest absolute Gasteiger partial charge is 0.303 e. The third-order valence-electron chi connectivity index (χ3n) is 3.63. The quantitative estimate of drug-likeness (QED) is 0.916. The van der Waals surface area contributed by atoms with Gasteiger partial charge in [0.05, 0.1) is 16.9 Å². The Kier molecular flexibility index (Phi) is 3.77. The molecule has 2 aromatic heterocycles. The molecule has 0 atom stereocenters. The molecule has 1 N–H and O–H groups in total. The average molecular weight is 330 g/mol. The van der Waals surface area contributed by atoms with Gasteiger partial charge >= 0.3 is 6.18 Å². The molecular formula is C13H13F3N4OS. The normalized spacial score (nSPS) is 15.8. The first-order valence-corrected chi connectivity index (χ1v) is 7.53. The summed E-state index contributed by atoms with van der Waals surface area (Å²) in [5, 5.41) is 0. The number of H-pyrrole nitrogens is 1. The van der Waals surface area contributed by atoms with Gasteiger partial charge in [-0.1, -0.05) is 0 Å². The first-order chi connectivity index (χ1) is 10.3. The van der Waals surface area contributed by atoms with Crippen molar-refractivity contribution in [3.8, 4) is 0 Å². The molecule has 1 aliphatic heterocycles. The molecule has 3 heterocycles. The zero-order valence-corrected chi connectivity index (χ0v) is 12.5. The lowest BCUT2D eigenvalue weighted by molar-refractivity contribution is -0.145. The molecular weight excluding hydrogens is 317 g/mol. The summed E-state index contributed by atoms with van der Waals surface area (Å²) >= 11 is 1.51. The van der Waals surface area contributed by atoms with E-state index in [1.54, 1.807) is 5.51 Å². The number of aromatic amines is 1. The van der Waals surface area contributed by atoms with Gasteiger partial charge in [0.1, 0.15) is 0 Å². The zero-order chi connectivity index (χ0) is 15.9. The molecule has 0 amide bonds. The minimum atomic E-state index is -4.65. The third kappa shape index (κ3) is 2.91.